The van der Waals surface area contributed by atoms with Gasteiger partial charge < -0.3 is 9.47 Å². The van der Waals surface area contributed by atoms with Crippen molar-refractivity contribution in [3.05, 3.63) is 29.8 Å². The lowest BCUT2D eigenvalue weighted by atomic mass is 10.1. The van der Waals surface area contributed by atoms with E-state index in [1.807, 2.05) is 38.1 Å². The number of benzene rings is 1. The van der Waals surface area contributed by atoms with Gasteiger partial charge in [0.2, 0.25) is 0 Å². The standard InChI is InChI=1S/C14H19NO3/c1-10(2)13(14(16)18-4)15-9-11-5-7-12(17-3)8-6-11/h5-10,13H,1-4H3. The van der Waals surface area contributed by atoms with Crippen molar-refractivity contribution in [2.24, 2.45) is 10.9 Å². The largest absolute Gasteiger partial charge is 0.497 e. The summed E-state index contributed by atoms with van der Waals surface area (Å²) in [6, 6.07) is 7.01. The fraction of sp³-hybridized carbons (Fsp3) is 0.429. The van der Waals surface area contributed by atoms with E-state index >= 15 is 0 Å². The number of nitrogens with zero attached hydrogens (tertiary/aromatic N) is 1. The number of methoxy groups -OCH3 is 2. The highest BCUT2D eigenvalue weighted by molar-refractivity contribution is 5.84. The van der Waals surface area contributed by atoms with Crippen LogP contribution in [0.1, 0.15) is 19.4 Å². The maximum Gasteiger partial charge on any atom is 0.330 e. The average molecular weight is 249 g/mol. The Morgan fingerprint density at radius 3 is 2.28 bits per heavy atom. The molecule has 4 nitrogen and oxygen atoms in total. The Bertz CT molecular complexity index is 410. The first-order chi connectivity index (χ1) is 8.58. The van der Waals surface area contributed by atoms with E-state index in [0.29, 0.717) is 0 Å². The first kappa shape index (κ1) is 14.2. The van der Waals surface area contributed by atoms with Gasteiger partial charge in [-0.15, -0.1) is 0 Å². The van der Waals surface area contributed by atoms with E-state index < -0.39 is 6.04 Å². The van der Waals surface area contributed by atoms with E-state index in [1.54, 1.807) is 13.3 Å². The van der Waals surface area contributed by atoms with Crippen LogP contribution in [-0.4, -0.2) is 32.4 Å². The highest BCUT2D eigenvalue weighted by atomic mass is 16.5. The first-order valence-electron chi connectivity index (χ1n) is 5.83. The topological polar surface area (TPSA) is 47.9 Å². The molecule has 0 amide bonds. The highest BCUT2D eigenvalue weighted by Crippen LogP contribution is 2.12. The van der Waals surface area contributed by atoms with Crippen molar-refractivity contribution >= 4 is 12.2 Å². The molecule has 18 heavy (non-hydrogen) atoms. The molecule has 0 aromatic heterocycles. The van der Waals surface area contributed by atoms with Crippen molar-refractivity contribution in [3.8, 4) is 5.75 Å². The van der Waals surface area contributed by atoms with Gasteiger partial charge in [-0.1, -0.05) is 13.8 Å². The molecule has 1 atom stereocenters. The zero-order valence-electron chi connectivity index (χ0n) is 11.2. The Kier molecular flexibility index (Phi) is 5.36. The van der Waals surface area contributed by atoms with Gasteiger partial charge in [0.15, 0.2) is 0 Å². The van der Waals surface area contributed by atoms with Gasteiger partial charge in [0.1, 0.15) is 11.8 Å². The van der Waals surface area contributed by atoms with Crippen molar-refractivity contribution in [2.75, 3.05) is 14.2 Å². The molecule has 1 aromatic rings. The Morgan fingerprint density at radius 2 is 1.83 bits per heavy atom. The number of carbonyl (C=O) groups excluding carboxylic acids is 1. The minimum absolute atomic E-state index is 0.104. The number of rotatable bonds is 5. The fourth-order valence-corrected chi connectivity index (χ4v) is 1.48. The second kappa shape index (κ2) is 6.79. The molecule has 0 fully saturated rings. The van der Waals surface area contributed by atoms with Crippen LogP contribution in [-0.2, 0) is 9.53 Å². The molecule has 0 heterocycles. The van der Waals surface area contributed by atoms with E-state index in [1.165, 1.54) is 7.11 Å². The van der Waals surface area contributed by atoms with Gasteiger partial charge >= 0.3 is 5.97 Å². The van der Waals surface area contributed by atoms with Gasteiger partial charge in [0.25, 0.3) is 0 Å². The van der Waals surface area contributed by atoms with Gasteiger partial charge in [-0.05, 0) is 35.7 Å². The molecule has 0 aliphatic carbocycles. The zero-order valence-corrected chi connectivity index (χ0v) is 11.2. The monoisotopic (exact) mass is 249 g/mol. The van der Waals surface area contributed by atoms with Crippen LogP contribution >= 0.6 is 0 Å². The molecule has 98 valence electrons. The molecular formula is C14H19NO3. The van der Waals surface area contributed by atoms with Crippen LogP contribution in [0.3, 0.4) is 0 Å². The quantitative estimate of drug-likeness (QED) is 0.594. The number of carbonyl (C=O) groups is 1. The molecule has 0 bridgehead atoms. The molecule has 0 radical (unpaired) electrons. The van der Waals surface area contributed by atoms with Crippen molar-refractivity contribution in [1.29, 1.82) is 0 Å². The van der Waals surface area contributed by atoms with Gasteiger partial charge in [-0.2, -0.15) is 0 Å². The molecule has 0 aliphatic heterocycles. The third kappa shape index (κ3) is 3.87. The van der Waals surface area contributed by atoms with E-state index in [2.05, 4.69) is 4.99 Å². The summed E-state index contributed by atoms with van der Waals surface area (Å²) in [5.74, 6) is 0.585. The van der Waals surface area contributed by atoms with Gasteiger partial charge in [-0.3, -0.25) is 4.99 Å². The lowest BCUT2D eigenvalue weighted by molar-refractivity contribution is -0.143. The second-order valence-corrected chi connectivity index (χ2v) is 4.26. The third-order valence-corrected chi connectivity index (χ3v) is 2.57. The molecule has 0 N–H and O–H groups in total. The van der Waals surface area contributed by atoms with Crippen LogP contribution in [0.15, 0.2) is 29.3 Å². The number of aliphatic imine (C=N–C) groups is 1. The summed E-state index contributed by atoms with van der Waals surface area (Å²) in [6.07, 6.45) is 1.68. The van der Waals surface area contributed by atoms with E-state index in [0.717, 1.165) is 11.3 Å². The molecule has 1 rings (SSSR count). The summed E-state index contributed by atoms with van der Waals surface area (Å²) in [7, 11) is 3.00. The van der Waals surface area contributed by atoms with Crippen molar-refractivity contribution < 1.29 is 14.3 Å². The Hall–Kier alpha value is -1.84. The van der Waals surface area contributed by atoms with Crippen LogP contribution in [0.4, 0.5) is 0 Å². The fourth-order valence-electron chi connectivity index (χ4n) is 1.48. The van der Waals surface area contributed by atoms with Crippen LogP contribution in [0.25, 0.3) is 0 Å². The molecule has 1 aromatic carbocycles. The maximum absolute atomic E-state index is 11.5. The predicted molar refractivity (Wildman–Crippen MR) is 71.2 cm³/mol. The molecular weight excluding hydrogens is 230 g/mol. The smallest absolute Gasteiger partial charge is 0.330 e. The summed E-state index contributed by atoms with van der Waals surface area (Å²) in [5.41, 5.74) is 0.922. The minimum Gasteiger partial charge on any atom is -0.497 e. The lowest BCUT2D eigenvalue weighted by Gasteiger charge is -2.13. The third-order valence-electron chi connectivity index (χ3n) is 2.57. The number of hydrogen-bond donors (Lipinski definition) is 0. The predicted octanol–water partition coefficient (Wildman–Crippen LogP) is 2.31. The molecule has 1 unspecified atom stereocenters. The summed E-state index contributed by atoms with van der Waals surface area (Å²) in [6.45, 7) is 3.87. The molecule has 0 aliphatic rings. The molecule has 0 saturated heterocycles. The van der Waals surface area contributed by atoms with Crippen LogP contribution < -0.4 is 4.74 Å². The maximum atomic E-state index is 11.5. The first-order valence-corrected chi connectivity index (χ1v) is 5.83. The Labute approximate surface area is 108 Å². The zero-order chi connectivity index (χ0) is 13.5. The number of esters is 1. The number of ether oxygens (including phenoxy) is 2. The summed E-state index contributed by atoms with van der Waals surface area (Å²) < 4.78 is 9.80. The SMILES string of the molecule is COC(=O)C(N=Cc1ccc(OC)cc1)C(C)C. The van der Waals surface area contributed by atoms with Crippen molar-refractivity contribution in [2.45, 2.75) is 19.9 Å². The molecule has 4 heteroatoms. The number of hydrogen-bond acceptors (Lipinski definition) is 4. The second-order valence-electron chi connectivity index (χ2n) is 4.26. The van der Waals surface area contributed by atoms with Crippen LogP contribution in [0.2, 0.25) is 0 Å². The minimum atomic E-state index is -0.461. The lowest BCUT2D eigenvalue weighted by Crippen LogP contribution is -2.25. The van der Waals surface area contributed by atoms with E-state index in [-0.39, 0.29) is 11.9 Å². The van der Waals surface area contributed by atoms with E-state index in [4.69, 9.17) is 9.47 Å². The van der Waals surface area contributed by atoms with E-state index in [9.17, 15) is 4.79 Å². The van der Waals surface area contributed by atoms with Gasteiger partial charge in [0, 0.05) is 6.21 Å². The summed E-state index contributed by atoms with van der Waals surface area (Å²) in [5, 5.41) is 0. The van der Waals surface area contributed by atoms with Gasteiger partial charge in [0.05, 0.1) is 14.2 Å². The average Bonchev–Trinajstić information content (AvgIpc) is 2.39. The summed E-state index contributed by atoms with van der Waals surface area (Å²) >= 11 is 0. The van der Waals surface area contributed by atoms with Crippen molar-refractivity contribution in [1.82, 2.24) is 0 Å². The molecule has 0 spiro atoms. The Balaban J connectivity index is 2.79. The highest BCUT2D eigenvalue weighted by Gasteiger charge is 2.20. The summed E-state index contributed by atoms with van der Waals surface area (Å²) in [4.78, 5) is 15.8. The van der Waals surface area contributed by atoms with Crippen LogP contribution in [0.5, 0.6) is 5.75 Å². The van der Waals surface area contributed by atoms with Crippen molar-refractivity contribution in [3.63, 3.8) is 0 Å². The van der Waals surface area contributed by atoms with Crippen LogP contribution in [0, 0.1) is 5.92 Å². The molecule has 0 saturated carbocycles. The van der Waals surface area contributed by atoms with Gasteiger partial charge in [-0.25, -0.2) is 4.79 Å². The Morgan fingerprint density at radius 1 is 1.22 bits per heavy atom. The normalized spacial score (nSPS) is 12.7.